The standard InChI is InChI=1S/C22H24N2O3/c25-21(17-6-2-1-3-7-17)23-11-13-24(14-12-23)22(26)19-10-15-27-20-9-5-4-8-18(20)16-19/h1-9,19H,10-16H2/t19-/m1/s1. The lowest BCUT2D eigenvalue weighted by atomic mass is 9.95. The van der Waals surface area contributed by atoms with Crippen molar-refractivity contribution in [2.24, 2.45) is 5.92 Å². The Bertz CT molecular complexity index is 813. The van der Waals surface area contributed by atoms with Crippen molar-refractivity contribution in [1.29, 1.82) is 0 Å². The summed E-state index contributed by atoms with van der Waals surface area (Å²) in [5, 5.41) is 0. The molecule has 1 atom stereocenters. The van der Waals surface area contributed by atoms with Gasteiger partial charge in [-0.05, 0) is 36.6 Å². The van der Waals surface area contributed by atoms with E-state index in [1.54, 1.807) is 0 Å². The molecule has 2 aromatic carbocycles. The molecule has 2 aliphatic rings. The molecule has 0 bridgehead atoms. The van der Waals surface area contributed by atoms with Crippen molar-refractivity contribution in [3.63, 3.8) is 0 Å². The molecule has 2 heterocycles. The van der Waals surface area contributed by atoms with Crippen LogP contribution in [0.25, 0.3) is 0 Å². The summed E-state index contributed by atoms with van der Waals surface area (Å²) in [6.07, 6.45) is 1.45. The number of piperazine rings is 1. The van der Waals surface area contributed by atoms with Crippen molar-refractivity contribution in [3.8, 4) is 5.75 Å². The summed E-state index contributed by atoms with van der Waals surface area (Å²) >= 11 is 0. The van der Waals surface area contributed by atoms with Crippen LogP contribution in [0.4, 0.5) is 0 Å². The second kappa shape index (κ2) is 7.82. The van der Waals surface area contributed by atoms with Gasteiger partial charge in [-0.25, -0.2) is 0 Å². The van der Waals surface area contributed by atoms with Crippen molar-refractivity contribution in [3.05, 3.63) is 65.7 Å². The van der Waals surface area contributed by atoms with E-state index in [9.17, 15) is 9.59 Å². The van der Waals surface area contributed by atoms with E-state index in [1.165, 1.54) is 0 Å². The Kier molecular flexibility index (Phi) is 5.10. The number of ether oxygens (including phenoxy) is 1. The van der Waals surface area contributed by atoms with E-state index in [4.69, 9.17) is 4.74 Å². The van der Waals surface area contributed by atoms with Crippen LogP contribution in [-0.2, 0) is 11.2 Å². The van der Waals surface area contributed by atoms with E-state index >= 15 is 0 Å². The molecule has 0 aliphatic carbocycles. The lowest BCUT2D eigenvalue weighted by Gasteiger charge is -2.36. The SMILES string of the molecule is O=C(c1ccccc1)N1CCN(C(=O)[C@@H]2CCOc3ccccc3C2)CC1. The van der Waals surface area contributed by atoms with Crippen LogP contribution in [-0.4, -0.2) is 54.4 Å². The minimum absolute atomic E-state index is 0.0412. The monoisotopic (exact) mass is 364 g/mol. The molecule has 140 valence electrons. The molecule has 2 amide bonds. The third kappa shape index (κ3) is 3.82. The van der Waals surface area contributed by atoms with Gasteiger partial charge in [0.15, 0.2) is 0 Å². The minimum Gasteiger partial charge on any atom is -0.493 e. The molecule has 0 N–H and O–H groups in total. The number of carbonyl (C=O) groups is 2. The van der Waals surface area contributed by atoms with Gasteiger partial charge in [0.05, 0.1) is 6.61 Å². The zero-order valence-corrected chi connectivity index (χ0v) is 15.3. The van der Waals surface area contributed by atoms with Crippen LogP contribution in [0.3, 0.4) is 0 Å². The summed E-state index contributed by atoms with van der Waals surface area (Å²) in [5.74, 6) is 1.07. The zero-order valence-electron chi connectivity index (χ0n) is 15.3. The average Bonchev–Trinajstić information content (AvgIpc) is 2.96. The molecule has 0 unspecified atom stereocenters. The molecule has 0 radical (unpaired) electrons. The normalized spacial score (nSPS) is 19.6. The largest absolute Gasteiger partial charge is 0.493 e. The van der Waals surface area contributed by atoms with E-state index in [2.05, 4.69) is 0 Å². The first kappa shape index (κ1) is 17.6. The first-order valence-corrected chi connectivity index (χ1v) is 9.56. The summed E-state index contributed by atoms with van der Waals surface area (Å²) in [4.78, 5) is 29.3. The maximum Gasteiger partial charge on any atom is 0.253 e. The highest BCUT2D eigenvalue weighted by Crippen LogP contribution is 2.28. The van der Waals surface area contributed by atoms with Gasteiger partial charge in [-0.1, -0.05) is 36.4 Å². The fraction of sp³-hybridized carbons (Fsp3) is 0.364. The summed E-state index contributed by atoms with van der Waals surface area (Å²) < 4.78 is 5.79. The van der Waals surface area contributed by atoms with Gasteiger partial charge in [0, 0.05) is 37.7 Å². The fourth-order valence-electron chi connectivity index (χ4n) is 3.85. The van der Waals surface area contributed by atoms with Gasteiger partial charge in [0.2, 0.25) is 5.91 Å². The first-order valence-electron chi connectivity index (χ1n) is 9.56. The minimum atomic E-state index is -0.0509. The topological polar surface area (TPSA) is 49.9 Å². The Labute approximate surface area is 159 Å². The van der Waals surface area contributed by atoms with Gasteiger partial charge in [-0.15, -0.1) is 0 Å². The van der Waals surface area contributed by atoms with Gasteiger partial charge >= 0.3 is 0 Å². The predicted octanol–water partition coefficient (Wildman–Crippen LogP) is 2.61. The number of hydrogen-bond donors (Lipinski definition) is 0. The molecular formula is C22H24N2O3. The fourth-order valence-corrected chi connectivity index (χ4v) is 3.85. The number of rotatable bonds is 2. The van der Waals surface area contributed by atoms with Crippen molar-refractivity contribution in [2.45, 2.75) is 12.8 Å². The van der Waals surface area contributed by atoms with Crippen LogP contribution in [0.1, 0.15) is 22.3 Å². The molecule has 27 heavy (non-hydrogen) atoms. The molecule has 0 aromatic heterocycles. The van der Waals surface area contributed by atoms with E-state index in [0.717, 1.165) is 24.2 Å². The lowest BCUT2D eigenvalue weighted by molar-refractivity contribution is -0.137. The molecule has 2 aliphatic heterocycles. The molecule has 1 fully saturated rings. The molecule has 2 aromatic rings. The van der Waals surface area contributed by atoms with Gasteiger partial charge in [0.25, 0.3) is 5.91 Å². The lowest BCUT2D eigenvalue weighted by Crippen LogP contribution is -2.52. The van der Waals surface area contributed by atoms with Crippen molar-refractivity contribution in [1.82, 2.24) is 9.80 Å². The second-order valence-electron chi connectivity index (χ2n) is 7.13. The summed E-state index contributed by atoms with van der Waals surface area (Å²) in [6.45, 7) is 2.92. The van der Waals surface area contributed by atoms with Crippen LogP contribution < -0.4 is 4.74 Å². The van der Waals surface area contributed by atoms with E-state index in [-0.39, 0.29) is 17.7 Å². The Morgan fingerprint density at radius 1 is 0.852 bits per heavy atom. The van der Waals surface area contributed by atoms with Crippen LogP contribution in [0.15, 0.2) is 54.6 Å². The van der Waals surface area contributed by atoms with E-state index in [1.807, 2.05) is 64.4 Å². The van der Waals surface area contributed by atoms with E-state index < -0.39 is 0 Å². The first-order chi connectivity index (χ1) is 13.2. The molecule has 5 nitrogen and oxygen atoms in total. The maximum atomic E-state index is 13.0. The summed E-state index contributed by atoms with van der Waals surface area (Å²) in [6, 6.07) is 17.3. The Morgan fingerprint density at radius 3 is 2.30 bits per heavy atom. The highest BCUT2D eigenvalue weighted by atomic mass is 16.5. The zero-order chi connectivity index (χ0) is 18.6. The molecule has 5 heteroatoms. The third-order valence-electron chi connectivity index (χ3n) is 5.41. The Hall–Kier alpha value is -2.82. The van der Waals surface area contributed by atoms with Crippen LogP contribution in [0, 0.1) is 5.92 Å². The number of benzene rings is 2. The molecule has 1 saturated heterocycles. The highest BCUT2D eigenvalue weighted by molar-refractivity contribution is 5.94. The van der Waals surface area contributed by atoms with Gasteiger partial charge in [0.1, 0.15) is 5.75 Å². The average molecular weight is 364 g/mol. The second-order valence-corrected chi connectivity index (χ2v) is 7.13. The molecule has 0 saturated carbocycles. The van der Waals surface area contributed by atoms with Crippen molar-refractivity contribution < 1.29 is 14.3 Å². The predicted molar refractivity (Wildman–Crippen MR) is 103 cm³/mol. The van der Waals surface area contributed by atoms with Crippen LogP contribution in [0.5, 0.6) is 5.75 Å². The number of amides is 2. The number of para-hydroxylation sites is 1. The van der Waals surface area contributed by atoms with Gasteiger partial charge in [-0.2, -0.15) is 0 Å². The van der Waals surface area contributed by atoms with Crippen LogP contribution >= 0.6 is 0 Å². The highest BCUT2D eigenvalue weighted by Gasteiger charge is 2.30. The van der Waals surface area contributed by atoms with Crippen molar-refractivity contribution in [2.75, 3.05) is 32.8 Å². The molecule has 4 rings (SSSR count). The quantitative estimate of drug-likeness (QED) is 0.823. The van der Waals surface area contributed by atoms with E-state index in [0.29, 0.717) is 38.3 Å². The molecule has 0 spiro atoms. The molecular weight excluding hydrogens is 340 g/mol. The third-order valence-corrected chi connectivity index (χ3v) is 5.41. The van der Waals surface area contributed by atoms with Gasteiger partial charge < -0.3 is 14.5 Å². The number of hydrogen-bond acceptors (Lipinski definition) is 3. The maximum absolute atomic E-state index is 13.0. The van der Waals surface area contributed by atoms with Crippen molar-refractivity contribution >= 4 is 11.8 Å². The number of fused-ring (bicyclic) bond motifs is 1. The van der Waals surface area contributed by atoms with Gasteiger partial charge in [-0.3, -0.25) is 9.59 Å². The number of carbonyl (C=O) groups excluding carboxylic acids is 2. The summed E-state index contributed by atoms with van der Waals surface area (Å²) in [7, 11) is 0. The van der Waals surface area contributed by atoms with Crippen LogP contribution in [0.2, 0.25) is 0 Å². The smallest absolute Gasteiger partial charge is 0.253 e. The summed E-state index contributed by atoms with van der Waals surface area (Å²) in [5.41, 5.74) is 1.81. The Morgan fingerprint density at radius 2 is 1.52 bits per heavy atom. The Balaban J connectivity index is 1.37. The number of nitrogens with zero attached hydrogens (tertiary/aromatic N) is 2.